The van der Waals surface area contributed by atoms with Crippen LogP contribution < -0.4 is 15.8 Å². The van der Waals surface area contributed by atoms with Gasteiger partial charge in [0.15, 0.2) is 5.78 Å². The van der Waals surface area contributed by atoms with Gasteiger partial charge in [-0.15, -0.1) is 0 Å². The van der Waals surface area contributed by atoms with Gasteiger partial charge in [-0.2, -0.15) is 0 Å². The number of rotatable bonds is 7. The number of hydrogen-bond donors (Lipinski definition) is 1. The van der Waals surface area contributed by atoms with E-state index in [9.17, 15) is 14.4 Å². The lowest BCUT2D eigenvalue weighted by Gasteiger charge is -2.21. The Kier molecular flexibility index (Phi) is 6.20. The molecule has 0 aliphatic carbocycles. The van der Waals surface area contributed by atoms with Crippen molar-refractivity contribution in [3.63, 3.8) is 0 Å². The van der Waals surface area contributed by atoms with Crippen LogP contribution in [-0.2, 0) is 22.7 Å². The minimum Gasteiger partial charge on any atom is -0.378 e. The van der Waals surface area contributed by atoms with E-state index in [0.717, 1.165) is 25.9 Å². The minimum absolute atomic E-state index is 0.0399. The Bertz CT molecular complexity index is 915. The van der Waals surface area contributed by atoms with Gasteiger partial charge < -0.3 is 15.0 Å². The number of hydrogen-bond acceptors (Lipinski definition) is 6. The third-order valence-electron chi connectivity index (χ3n) is 4.60. The molecule has 1 N–H and O–H groups in total. The first-order chi connectivity index (χ1) is 13.5. The standard InChI is InChI=1S/C20H24N4O4/c1-14(25)15-5-7-16(8-6-15)21-18(26)12-24-19(27)11-17(13-28-2)22-20(24)23-9-3-4-10-23/h5-8,11H,3-4,9-10,12-13H2,1-2H3,(H,21,26). The minimum atomic E-state index is -0.334. The zero-order chi connectivity index (χ0) is 20.1. The Morgan fingerprint density at radius 3 is 2.46 bits per heavy atom. The van der Waals surface area contributed by atoms with E-state index in [4.69, 9.17) is 4.74 Å². The number of carbonyl (C=O) groups is 2. The van der Waals surface area contributed by atoms with Gasteiger partial charge in [0.2, 0.25) is 11.9 Å². The first-order valence-corrected chi connectivity index (χ1v) is 9.23. The number of anilines is 2. The van der Waals surface area contributed by atoms with Gasteiger partial charge in [0.25, 0.3) is 5.56 Å². The van der Waals surface area contributed by atoms with E-state index in [1.54, 1.807) is 31.4 Å². The van der Waals surface area contributed by atoms with Crippen LogP contribution in [0.2, 0.25) is 0 Å². The van der Waals surface area contributed by atoms with E-state index in [2.05, 4.69) is 10.3 Å². The lowest BCUT2D eigenvalue weighted by atomic mass is 10.1. The molecule has 1 aliphatic heterocycles. The third-order valence-corrected chi connectivity index (χ3v) is 4.60. The Labute approximate surface area is 163 Å². The largest absolute Gasteiger partial charge is 0.378 e. The van der Waals surface area contributed by atoms with Crippen LogP contribution in [0.3, 0.4) is 0 Å². The van der Waals surface area contributed by atoms with Crippen LogP contribution in [0, 0.1) is 0 Å². The molecule has 0 bridgehead atoms. The molecule has 2 aromatic rings. The number of amides is 1. The van der Waals surface area contributed by atoms with Crippen LogP contribution in [0.5, 0.6) is 0 Å². The Balaban J connectivity index is 1.80. The fourth-order valence-corrected chi connectivity index (χ4v) is 3.20. The van der Waals surface area contributed by atoms with E-state index in [1.807, 2.05) is 4.90 Å². The normalized spacial score (nSPS) is 13.6. The average Bonchev–Trinajstić information content (AvgIpc) is 3.19. The molecular weight excluding hydrogens is 360 g/mol. The Hall–Kier alpha value is -3.00. The molecule has 2 heterocycles. The highest BCUT2D eigenvalue weighted by Gasteiger charge is 2.20. The number of nitrogens with zero attached hydrogens (tertiary/aromatic N) is 3. The molecule has 1 saturated heterocycles. The maximum atomic E-state index is 12.6. The van der Waals surface area contributed by atoms with Crippen molar-refractivity contribution in [2.75, 3.05) is 30.4 Å². The predicted molar refractivity (Wildman–Crippen MR) is 106 cm³/mol. The zero-order valence-corrected chi connectivity index (χ0v) is 16.1. The summed E-state index contributed by atoms with van der Waals surface area (Å²) in [6, 6.07) is 8.04. The molecule has 3 rings (SSSR count). The number of methoxy groups -OCH3 is 1. The Morgan fingerprint density at radius 2 is 1.86 bits per heavy atom. The molecule has 148 valence electrons. The smallest absolute Gasteiger partial charge is 0.255 e. The summed E-state index contributed by atoms with van der Waals surface area (Å²) < 4.78 is 6.49. The second kappa shape index (κ2) is 8.79. The fourth-order valence-electron chi connectivity index (χ4n) is 3.20. The lowest BCUT2D eigenvalue weighted by Crippen LogP contribution is -2.34. The maximum absolute atomic E-state index is 12.6. The van der Waals surface area contributed by atoms with Crippen LogP contribution in [-0.4, -0.2) is 41.4 Å². The molecule has 0 radical (unpaired) electrons. The summed E-state index contributed by atoms with van der Waals surface area (Å²) in [5.74, 6) is 0.125. The van der Waals surface area contributed by atoms with Crippen molar-refractivity contribution < 1.29 is 14.3 Å². The molecule has 0 saturated carbocycles. The topological polar surface area (TPSA) is 93.5 Å². The van der Waals surface area contributed by atoms with Gasteiger partial charge in [-0.25, -0.2) is 4.98 Å². The van der Waals surface area contributed by atoms with Crippen LogP contribution >= 0.6 is 0 Å². The number of Topliss-reactive ketones (excluding diaryl/α,β-unsaturated/α-hetero) is 1. The highest BCUT2D eigenvalue weighted by molar-refractivity contribution is 5.95. The van der Waals surface area contributed by atoms with Gasteiger partial charge in [-0.3, -0.25) is 19.0 Å². The number of carbonyl (C=O) groups excluding carboxylic acids is 2. The quantitative estimate of drug-likeness (QED) is 0.732. The lowest BCUT2D eigenvalue weighted by molar-refractivity contribution is -0.116. The van der Waals surface area contributed by atoms with Crippen molar-refractivity contribution in [1.82, 2.24) is 9.55 Å². The van der Waals surface area contributed by atoms with Crippen molar-refractivity contribution in [3.05, 3.63) is 51.9 Å². The predicted octanol–water partition coefficient (Wildman–Crippen LogP) is 1.83. The molecule has 1 aromatic heterocycles. The van der Waals surface area contributed by atoms with Crippen molar-refractivity contribution in [2.24, 2.45) is 0 Å². The van der Waals surface area contributed by atoms with Gasteiger partial charge in [0, 0.05) is 37.5 Å². The summed E-state index contributed by atoms with van der Waals surface area (Å²) in [4.78, 5) is 43.1. The average molecular weight is 384 g/mol. The molecular formula is C20H24N4O4. The molecule has 1 aliphatic rings. The third kappa shape index (κ3) is 4.64. The molecule has 0 spiro atoms. The molecule has 1 amide bonds. The number of ether oxygens (including phenoxy) is 1. The molecule has 1 aromatic carbocycles. The van der Waals surface area contributed by atoms with Crippen molar-refractivity contribution in [2.45, 2.75) is 32.9 Å². The van der Waals surface area contributed by atoms with E-state index < -0.39 is 0 Å². The molecule has 28 heavy (non-hydrogen) atoms. The summed E-state index contributed by atoms with van der Waals surface area (Å²) in [5.41, 5.74) is 1.40. The fraction of sp³-hybridized carbons (Fsp3) is 0.400. The number of ketones is 1. The Morgan fingerprint density at radius 1 is 1.18 bits per heavy atom. The van der Waals surface area contributed by atoms with Crippen molar-refractivity contribution in [3.8, 4) is 0 Å². The van der Waals surface area contributed by atoms with E-state index in [0.29, 0.717) is 22.9 Å². The molecule has 0 unspecified atom stereocenters. The van der Waals surface area contributed by atoms with Crippen molar-refractivity contribution in [1.29, 1.82) is 0 Å². The SMILES string of the molecule is COCc1cc(=O)n(CC(=O)Nc2ccc(C(C)=O)cc2)c(N2CCCC2)n1. The summed E-state index contributed by atoms with van der Waals surface area (Å²) in [7, 11) is 1.55. The molecule has 1 fully saturated rings. The summed E-state index contributed by atoms with van der Waals surface area (Å²) in [5, 5.41) is 2.76. The van der Waals surface area contributed by atoms with Gasteiger partial charge >= 0.3 is 0 Å². The molecule has 8 nitrogen and oxygen atoms in total. The number of benzene rings is 1. The highest BCUT2D eigenvalue weighted by Crippen LogP contribution is 2.18. The second-order valence-corrected chi connectivity index (χ2v) is 6.78. The maximum Gasteiger partial charge on any atom is 0.255 e. The van der Waals surface area contributed by atoms with Gasteiger partial charge in [0.1, 0.15) is 6.54 Å². The summed E-state index contributed by atoms with van der Waals surface area (Å²) in [6.45, 7) is 3.19. The second-order valence-electron chi connectivity index (χ2n) is 6.78. The van der Waals surface area contributed by atoms with E-state index in [1.165, 1.54) is 17.6 Å². The van der Waals surface area contributed by atoms with Crippen LogP contribution in [0.15, 0.2) is 35.1 Å². The van der Waals surface area contributed by atoms with Gasteiger partial charge in [-0.1, -0.05) is 0 Å². The monoisotopic (exact) mass is 384 g/mol. The van der Waals surface area contributed by atoms with Gasteiger partial charge in [0.05, 0.1) is 12.3 Å². The molecule has 0 atom stereocenters. The first kappa shape index (κ1) is 19.8. The van der Waals surface area contributed by atoms with E-state index >= 15 is 0 Å². The summed E-state index contributed by atoms with van der Waals surface area (Å²) in [6.07, 6.45) is 2.05. The summed E-state index contributed by atoms with van der Waals surface area (Å²) >= 11 is 0. The van der Waals surface area contributed by atoms with Gasteiger partial charge in [-0.05, 0) is 44.0 Å². The number of aromatic nitrogens is 2. The highest BCUT2D eigenvalue weighted by atomic mass is 16.5. The zero-order valence-electron chi connectivity index (χ0n) is 16.1. The first-order valence-electron chi connectivity index (χ1n) is 9.23. The van der Waals surface area contributed by atoms with Crippen LogP contribution in [0.1, 0.15) is 35.8 Å². The van der Waals surface area contributed by atoms with E-state index in [-0.39, 0.29) is 30.4 Å². The number of nitrogens with one attached hydrogen (secondary N) is 1. The molecule has 8 heteroatoms. The van der Waals surface area contributed by atoms with Crippen molar-refractivity contribution >= 4 is 23.3 Å². The van der Waals surface area contributed by atoms with Crippen LogP contribution in [0.25, 0.3) is 0 Å². The van der Waals surface area contributed by atoms with Crippen LogP contribution in [0.4, 0.5) is 11.6 Å².